The number of hydrogen-bond acceptors (Lipinski definition) is 3. The van der Waals surface area contributed by atoms with Crippen molar-refractivity contribution < 1.29 is 18.1 Å². The Balaban J connectivity index is 3.43. The molecule has 1 aromatic carbocycles. The zero-order chi connectivity index (χ0) is 10.9. The van der Waals surface area contributed by atoms with Crippen molar-refractivity contribution in [1.82, 2.24) is 0 Å². The quantitative estimate of drug-likeness (QED) is 0.465. The molecule has 76 valence electrons. The van der Waals surface area contributed by atoms with Gasteiger partial charge in [0.2, 0.25) is 5.82 Å². The van der Waals surface area contributed by atoms with Crippen LogP contribution in [0.3, 0.4) is 0 Å². The van der Waals surface area contributed by atoms with Crippen LogP contribution in [0.25, 0.3) is 0 Å². The number of nitro groups is 1. The first-order valence-corrected chi connectivity index (χ1v) is 4.59. The van der Waals surface area contributed by atoms with Gasteiger partial charge in [0.1, 0.15) is 0 Å². The second-order valence-corrected chi connectivity index (χ2v) is 3.55. The lowest BCUT2D eigenvalue weighted by atomic mass is 10.2. The van der Waals surface area contributed by atoms with Gasteiger partial charge in [-0.3, -0.25) is 10.1 Å². The van der Waals surface area contributed by atoms with E-state index in [1.807, 2.05) is 0 Å². The smallest absolute Gasteiger partial charge is 0.302 e. The Morgan fingerprint density at radius 3 is 2.57 bits per heavy atom. The number of aryl methyl sites for hydroxylation is 1. The lowest BCUT2D eigenvalue weighted by molar-refractivity contribution is -0.387. The van der Waals surface area contributed by atoms with Gasteiger partial charge in [-0.25, -0.2) is 4.21 Å². The van der Waals surface area contributed by atoms with Gasteiger partial charge in [-0.1, -0.05) is 0 Å². The van der Waals surface area contributed by atoms with Crippen molar-refractivity contribution in [2.75, 3.05) is 0 Å². The van der Waals surface area contributed by atoms with Crippen LogP contribution in [0.1, 0.15) is 5.56 Å². The zero-order valence-corrected chi connectivity index (χ0v) is 7.88. The van der Waals surface area contributed by atoms with Gasteiger partial charge in [-0.05, 0) is 18.6 Å². The fourth-order valence-corrected chi connectivity index (χ4v) is 1.44. The van der Waals surface area contributed by atoms with Crippen molar-refractivity contribution in [1.29, 1.82) is 0 Å². The van der Waals surface area contributed by atoms with Crippen LogP contribution in [0, 0.1) is 22.9 Å². The Hall–Kier alpha value is -1.34. The first-order valence-electron chi connectivity index (χ1n) is 3.49. The number of halogens is 1. The van der Waals surface area contributed by atoms with E-state index >= 15 is 0 Å². The highest BCUT2D eigenvalue weighted by Gasteiger charge is 2.19. The number of nitrogens with zero attached hydrogens (tertiary/aromatic N) is 1. The third kappa shape index (κ3) is 1.94. The molecule has 0 saturated carbocycles. The summed E-state index contributed by atoms with van der Waals surface area (Å²) in [4.78, 5) is 9.22. The van der Waals surface area contributed by atoms with E-state index in [0.29, 0.717) is 0 Å². The molecule has 1 unspecified atom stereocenters. The summed E-state index contributed by atoms with van der Waals surface area (Å²) in [5.74, 6) is -0.982. The molecule has 7 heteroatoms. The minimum Gasteiger partial charge on any atom is -0.302 e. The number of hydrogen-bond donors (Lipinski definition) is 1. The van der Waals surface area contributed by atoms with Crippen LogP contribution in [0.2, 0.25) is 0 Å². The maximum atomic E-state index is 13.1. The summed E-state index contributed by atoms with van der Waals surface area (Å²) in [5, 5.41) is 10.3. The minimum atomic E-state index is -2.35. The average Bonchev–Trinajstić information content (AvgIpc) is 2.08. The highest BCUT2D eigenvalue weighted by atomic mass is 32.2. The van der Waals surface area contributed by atoms with E-state index in [1.165, 1.54) is 6.92 Å². The fourth-order valence-electron chi connectivity index (χ4n) is 0.952. The SMILES string of the molecule is Cc1cc(S(=O)O)cc([N+](=O)[O-])c1F. The number of nitro benzene ring substituents is 1. The molecule has 1 N–H and O–H groups in total. The zero-order valence-electron chi connectivity index (χ0n) is 7.06. The van der Waals surface area contributed by atoms with Crippen molar-refractivity contribution in [3.05, 3.63) is 33.6 Å². The van der Waals surface area contributed by atoms with E-state index < -0.39 is 27.5 Å². The largest absolute Gasteiger partial charge is 0.306 e. The summed E-state index contributed by atoms with van der Waals surface area (Å²) >= 11 is -2.35. The monoisotopic (exact) mass is 219 g/mol. The van der Waals surface area contributed by atoms with Crippen molar-refractivity contribution >= 4 is 16.8 Å². The van der Waals surface area contributed by atoms with Crippen LogP contribution in [0.15, 0.2) is 17.0 Å². The van der Waals surface area contributed by atoms with E-state index in [-0.39, 0.29) is 10.5 Å². The van der Waals surface area contributed by atoms with Gasteiger partial charge in [0.15, 0.2) is 11.1 Å². The normalized spacial score (nSPS) is 12.5. The topological polar surface area (TPSA) is 80.4 Å². The summed E-state index contributed by atoms with van der Waals surface area (Å²) in [6.07, 6.45) is 0. The fraction of sp³-hybridized carbons (Fsp3) is 0.143. The van der Waals surface area contributed by atoms with Crippen LogP contribution in [0.4, 0.5) is 10.1 Å². The lowest BCUT2D eigenvalue weighted by Gasteiger charge is -2.00. The summed E-state index contributed by atoms with van der Waals surface area (Å²) in [6.45, 7) is 1.29. The molecule has 0 bridgehead atoms. The molecule has 5 nitrogen and oxygen atoms in total. The molecule has 1 aromatic rings. The second kappa shape index (κ2) is 3.81. The van der Waals surface area contributed by atoms with Crippen molar-refractivity contribution in [3.63, 3.8) is 0 Å². The van der Waals surface area contributed by atoms with Crippen LogP contribution < -0.4 is 0 Å². The van der Waals surface area contributed by atoms with Gasteiger partial charge in [0, 0.05) is 6.07 Å². The molecule has 0 amide bonds. The van der Waals surface area contributed by atoms with Crippen LogP contribution >= 0.6 is 0 Å². The summed E-state index contributed by atoms with van der Waals surface area (Å²) in [7, 11) is 0. The molecule has 0 fully saturated rings. The predicted octanol–water partition coefficient (Wildman–Crippen LogP) is 1.62. The van der Waals surface area contributed by atoms with E-state index in [0.717, 1.165) is 12.1 Å². The first-order chi connectivity index (χ1) is 6.43. The van der Waals surface area contributed by atoms with Crippen LogP contribution in [-0.2, 0) is 11.1 Å². The van der Waals surface area contributed by atoms with Gasteiger partial charge in [-0.15, -0.1) is 0 Å². The van der Waals surface area contributed by atoms with Gasteiger partial charge in [-0.2, -0.15) is 4.39 Å². The average molecular weight is 219 g/mol. The summed E-state index contributed by atoms with van der Waals surface area (Å²) in [6, 6.07) is 1.84. The van der Waals surface area contributed by atoms with Gasteiger partial charge < -0.3 is 4.55 Å². The molecule has 1 rings (SSSR count). The highest BCUT2D eigenvalue weighted by molar-refractivity contribution is 7.79. The molecule has 1 atom stereocenters. The van der Waals surface area contributed by atoms with Crippen molar-refractivity contribution in [2.24, 2.45) is 0 Å². The van der Waals surface area contributed by atoms with E-state index in [1.54, 1.807) is 0 Å². The molecule has 0 aromatic heterocycles. The molecule has 0 aliphatic carbocycles. The standard InChI is InChI=1S/C7H6FNO4S/c1-4-2-5(14(12)13)3-6(7(4)8)9(10)11/h2-3H,1H3,(H,12,13). The molecule has 0 aliphatic heterocycles. The summed E-state index contributed by atoms with van der Waals surface area (Å²) in [5.41, 5.74) is -0.820. The van der Waals surface area contributed by atoms with Crippen LogP contribution in [-0.4, -0.2) is 13.7 Å². The molecular weight excluding hydrogens is 213 g/mol. The highest BCUT2D eigenvalue weighted by Crippen LogP contribution is 2.23. The maximum absolute atomic E-state index is 13.1. The maximum Gasteiger partial charge on any atom is 0.306 e. The summed E-state index contributed by atoms with van der Waals surface area (Å²) < 4.78 is 32.4. The van der Waals surface area contributed by atoms with Gasteiger partial charge >= 0.3 is 5.69 Å². The Bertz CT molecular complexity index is 420. The third-order valence-corrected chi connectivity index (χ3v) is 2.25. The van der Waals surface area contributed by atoms with Gasteiger partial charge in [0.05, 0.1) is 9.82 Å². The molecule has 0 saturated heterocycles. The Labute approximate surface area is 81.0 Å². The van der Waals surface area contributed by atoms with Gasteiger partial charge in [0.25, 0.3) is 0 Å². The Morgan fingerprint density at radius 2 is 2.14 bits per heavy atom. The molecule has 0 spiro atoms. The molecule has 0 heterocycles. The second-order valence-electron chi connectivity index (χ2n) is 2.58. The number of benzene rings is 1. The molecule has 0 aliphatic rings. The first kappa shape index (κ1) is 10.7. The number of rotatable bonds is 2. The molecule has 14 heavy (non-hydrogen) atoms. The van der Waals surface area contributed by atoms with Crippen LogP contribution in [0.5, 0.6) is 0 Å². The van der Waals surface area contributed by atoms with E-state index in [4.69, 9.17) is 4.55 Å². The predicted molar refractivity (Wildman–Crippen MR) is 46.8 cm³/mol. The molecule has 0 radical (unpaired) electrons. The third-order valence-electron chi connectivity index (χ3n) is 1.61. The van der Waals surface area contributed by atoms with Crippen molar-refractivity contribution in [3.8, 4) is 0 Å². The Morgan fingerprint density at radius 1 is 1.57 bits per heavy atom. The van der Waals surface area contributed by atoms with Crippen molar-refractivity contribution in [2.45, 2.75) is 11.8 Å². The Kier molecular flexibility index (Phi) is 2.92. The molecular formula is C7H6FNO4S. The van der Waals surface area contributed by atoms with E-state index in [9.17, 15) is 18.7 Å². The minimum absolute atomic E-state index is 0.0309. The van der Waals surface area contributed by atoms with E-state index in [2.05, 4.69) is 0 Å². The lowest BCUT2D eigenvalue weighted by Crippen LogP contribution is -1.98.